The number of fused-ring (bicyclic) bond motifs is 2. The standard InChI is InChI=1S/C28H23F4N7O2/c1-15-34-23-11-22(29)24(41-3)10-20(23)26(35-15)39-6-4-17-18(21-13-37(2)36-25(21)28(30,31)32)8-16(9-19(17)27(39)40)12-38-7-5-33-14-38/h5,7-11,13-14H,4,6,12H2,1-3H3. The van der Waals surface area contributed by atoms with Crippen molar-refractivity contribution < 1.29 is 27.1 Å². The van der Waals surface area contributed by atoms with Crippen LogP contribution in [0.5, 0.6) is 5.75 Å². The average Bonchev–Trinajstić information content (AvgIpc) is 3.57. The van der Waals surface area contributed by atoms with Crippen molar-refractivity contribution in [3.05, 3.63) is 83.2 Å². The molecule has 1 aliphatic rings. The van der Waals surface area contributed by atoms with E-state index in [0.717, 1.165) is 4.68 Å². The van der Waals surface area contributed by atoms with Crippen LogP contribution < -0.4 is 9.64 Å². The van der Waals surface area contributed by atoms with Gasteiger partial charge in [0.1, 0.15) is 11.6 Å². The highest BCUT2D eigenvalue weighted by molar-refractivity contribution is 6.12. The first-order valence-electron chi connectivity index (χ1n) is 12.6. The minimum atomic E-state index is -4.69. The minimum Gasteiger partial charge on any atom is -0.494 e. The summed E-state index contributed by atoms with van der Waals surface area (Å²) in [6.07, 6.45) is 1.77. The topological polar surface area (TPSA) is 91.0 Å². The summed E-state index contributed by atoms with van der Waals surface area (Å²) in [5.41, 5.74) is 0.799. The van der Waals surface area contributed by atoms with Crippen molar-refractivity contribution in [3.8, 4) is 16.9 Å². The predicted molar refractivity (Wildman–Crippen MR) is 141 cm³/mol. The number of benzene rings is 2. The molecule has 0 fully saturated rings. The van der Waals surface area contributed by atoms with E-state index in [2.05, 4.69) is 20.1 Å². The van der Waals surface area contributed by atoms with Gasteiger partial charge in [0, 0.05) is 61.3 Å². The predicted octanol–water partition coefficient (Wildman–Crippen LogP) is 4.95. The van der Waals surface area contributed by atoms with E-state index in [1.54, 1.807) is 42.3 Å². The fourth-order valence-electron chi connectivity index (χ4n) is 5.27. The largest absolute Gasteiger partial charge is 0.494 e. The number of imidazole rings is 1. The van der Waals surface area contributed by atoms with Crippen molar-refractivity contribution in [2.75, 3.05) is 18.6 Å². The lowest BCUT2D eigenvalue weighted by Gasteiger charge is -2.30. The minimum absolute atomic E-state index is 0.0303. The zero-order chi connectivity index (χ0) is 29.1. The van der Waals surface area contributed by atoms with Gasteiger partial charge < -0.3 is 9.30 Å². The van der Waals surface area contributed by atoms with Gasteiger partial charge in [0.05, 0.1) is 19.0 Å². The normalized spacial score (nSPS) is 13.6. The molecule has 0 spiro atoms. The smallest absolute Gasteiger partial charge is 0.435 e. The molecular formula is C28H23F4N7O2. The Morgan fingerprint density at radius 2 is 1.85 bits per heavy atom. The van der Waals surface area contributed by atoms with E-state index in [9.17, 15) is 22.4 Å². The number of carbonyl (C=O) groups excluding carboxylic acids is 1. The monoisotopic (exact) mass is 565 g/mol. The second-order valence-corrected chi connectivity index (χ2v) is 9.77. The van der Waals surface area contributed by atoms with E-state index in [-0.39, 0.29) is 42.2 Å². The molecule has 9 nitrogen and oxygen atoms in total. The summed E-state index contributed by atoms with van der Waals surface area (Å²) in [5, 5.41) is 4.09. The zero-order valence-electron chi connectivity index (χ0n) is 22.2. The van der Waals surface area contributed by atoms with Crippen LogP contribution in [0.15, 0.2) is 49.2 Å². The molecule has 210 valence electrons. The first-order chi connectivity index (χ1) is 19.5. The quantitative estimate of drug-likeness (QED) is 0.280. The first kappa shape index (κ1) is 26.4. The van der Waals surface area contributed by atoms with E-state index in [1.807, 2.05) is 0 Å². The molecule has 0 atom stereocenters. The summed E-state index contributed by atoms with van der Waals surface area (Å²) >= 11 is 0. The summed E-state index contributed by atoms with van der Waals surface area (Å²) < 4.78 is 64.5. The maximum Gasteiger partial charge on any atom is 0.435 e. The van der Waals surface area contributed by atoms with Gasteiger partial charge in [-0.3, -0.25) is 14.4 Å². The number of anilines is 1. The molecule has 4 heterocycles. The van der Waals surface area contributed by atoms with Crippen LogP contribution in [0.4, 0.5) is 23.4 Å². The lowest BCUT2D eigenvalue weighted by atomic mass is 9.88. The number of aryl methyl sites for hydroxylation is 2. The third-order valence-corrected chi connectivity index (χ3v) is 7.00. The number of aromatic nitrogens is 6. The molecule has 1 amide bonds. The van der Waals surface area contributed by atoms with Crippen molar-refractivity contribution in [1.82, 2.24) is 29.3 Å². The van der Waals surface area contributed by atoms with Gasteiger partial charge in [-0.05, 0) is 48.2 Å². The summed E-state index contributed by atoms with van der Waals surface area (Å²) in [6.45, 7) is 2.05. The molecule has 0 radical (unpaired) electrons. The Balaban J connectivity index is 1.53. The van der Waals surface area contributed by atoms with Crippen LogP contribution in [-0.2, 0) is 26.2 Å². The van der Waals surface area contributed by atoms with Crippen LogP contribution in [0.3, 0.4) is 0 Å². The van der Waals surface area contributed by atoms with Crippen LogP contribution >= 0.6 is 0 Å². The number of halogens is 4. The first-order valence-corrected chi connectivity index (χ1v) is 12.6. The Kier molecular flexibility index (Phi) is 6.24. The van der Waals surface area contributed by atoms with Crippen LogP contribution in [0.25, 0.3) is 22.0 Å². The van der Waals surface area contributed by atoms with Crippen LogP contribution in [0.1, 0.15) is 33.0 Å². The Labute approximate surface area is 231 Å². The Bertz CT molecular complexity index is 1810. The van der Waals surface area contributed by atoms with E-state index in [4.69, 9.17) is 4.74 Å². The number of amides is 1. The van der Waals surface area contributed by atoms with Crippen molar-refractivity contribution in [2.24, 2.45) is 7.05 Å². The Morgan fingerprint density at radius 3 is 2.56 bits per heavy atom. The third-order valence-electron chi connectivity index (χ3n) is 7.00. The number of carbonyl (C=O) groups is 1. The van der Waals surface area contributed by atoms with Gasteiger partial charge in [0.2, 0.25) is 0 Å². The molecule has 41 heavy (non-hydrogen) atoms. The number of hydrogen-bond acceptors (Lipinski definition) is 6. The number of nitrogens with zero attached hydrogens (tertiary/aromatic N) is 7. The number of rotatable bonds is 5. The van der Waals surface area contributed by atoms with Gasteiger partial charge in [-0.2, -0.15) is 18.3 Å². The molecule has 0 aliphatic carbocycles. The van der Waals surface area contributed by atoms with Crippen molar-refractivity contribution >= 4 is 22.6 Å². The van der Waals surface area contributed by atoms with Crippen molar-refractivity contribution in [3.63, 3.8) is 0 Å². The molecule has 0 unspecified atom stereocenters. The number of alkyl halides is 3. The second kappa shape index (κ2) is 9.68. The highest BCUT2D eigenvalue weighted by Gasteiger charge is 2.39. The molecule has 0 N–H and O–H groups in total. The maximum atomic E-state index is 14.5. The maximum absolute atomic E-state index is 14.5. The highest BCUT2D eigenvalue weighted by atomic mass is 19.4. The zero-order valence-corrected chi connectivity index (χ0v) is 22.2. The summed E-state index contributed by atoms with van der Waals surface area (Å²) in [4.78, 5) is 28.4. The molecule has 5 aromatic rings. The molecule has 3 aromatic heterocycles. The van der Waals surface area contributed by atoms with Gasteiger partial charge in [0.15, 0.2) is 17.3 Å². The SMILES string of the molecule is COc1cc2c(N3CCc4c(cc(Cn5ccnc5)cc4-c4cn(C)nc4C(F)(F)F)C3=O)nc(C)nc2cc1F. The highest BCUT2D eigenvalue weighted by Crippen LogP contribution is 2.41. The third kappa shape index (κ3) is 4.66. The number of ether oxygens (including phenoxy) is 1. The summed E-state index contributed by atoms with van der Waals surface area (Å²) in [5.74, 6) is -0.488. The van der Waals surface area contributed by atoms with Crippen LogP contribution in [-0.4, -0.2) is 48.9 Å². The summed E-state index contributed by atoms with van der Waals surface area (Å²) in [6, 6.07) is 6.02. The summed E-state index contributed by atoms with van der Waals surface area (Å²) in [7, 11) is 2.76. The van der Waals surface area contributed by atoms with Crippen LogP contribution in [0, 0.1) is 12.7 Å². The fraction of sp³-hybridized carbons (Fsp3) is 0.250. The molecule has 6 rings (SSSR count). The number of hydrogen-bond donors (Lipinski definition) is 0. The van der Waals surface area contributed by atoms with Crippen molar-refractivity contribution in [1.29, 1.82) is 0 Å². The molecule has 13 heteroatoms. The van der Waals surface area contributed by atoms with E-state index in [0.29, 0.717) is 33.4 Å². The van der Waals surface area contributed by atoms with E-state index >= 15 is 0 Å². The van der Waals surface area contributed by atoms with Gasteiger partial charge in [-0.25, -0.2) is 19.3 Å². The Morgan fingerprint density at radius 1 is 1.07 bits per heavy atom. The van der Waals surface area contributed by atoms with E-state index < -0.39 is 23.6 Å². The molecule has 0 bridgehead atoms. The number of methoxy groups -OCH3 is 1. The van der Waals surface area contributed by atoms with Crippen molar-refractivity contribution in [2.45, 2.75) is 26.1 Å². The molecule has 0 saturated carbocycles. The van der Waals surface area contributed by atoms with Gasteiger partial charge >= 0.3 is 6.18 Å². The lowest BCUT2D eigenvalue weighted by Crippen LogP contribution is -2.39. The van der Waals surface area contributed by atoms with Gasteiger partial charge in [-0.1, -0.05) is 0 Å². The van der Waals surface area contributed by atoms with Gasteiger partial charge in [-0.15, -0.1) is 0 Å². The molecule has 0 saturated heterocycles. The molecule has 1 aliphatic heterocycles. The fourth-order valence-corrected chi connectivity index (χ4v) is 5.27. The lowest BCUT2D eigenvalue weighted by molar-refractivity contribution is -0.140. The van der Waals surface area contributed by atoms with Gasteiger partial charge in [0.25, 0.3) is 5.91 Å². The van der Waals surface area contributed by atoms with Crippen LogP contribution in [0.2, 0.25) is 0 Å². The second-order valence-electron chi connectivity index (χ2n) is 9.77. The van der Waals surface area contributed by atoms with E-state index in [1.165, 1.54) is 37.4 Å². The Hall–Kier alpha value is -4.81. The molecule has 2 aromatic carbocycles. The average molecular weight is 566 g/mol. The molecular weight excluding hydrogens is 542 g/mol.